The smallest absolute Gasteiger partial charge is 0.261 e. The standard InChI is InChI=1S/C16H16N2O2/c1-2-9-18(11-13-7-8-13)16(19)12-20-15-6-4-3-5-14(15)10-17/h1,3-6,13H,7-9,11-12H2. The molecule has 1 fully saturated rings. The normalized spacial score (nSPS) is 13.1. The maximum Gasteiger partial charge on any atom is 0.261 e. The van der Waals surface area contributed by atoms with Gasteiger partial charge in [-0.15, -0.1) is 6.42 Å². The van der Waals surface area contributed by atoms with Gasteiger partial charge in [-0.3, -0.25) is 4.79 Å². The largest absolute Gasteiger partial charge is 0.482 e. The molecule has 0 radical (unpaired) electrons. The molecule has 0 spiro atoms. The summed E-state index contributed by atoms with van der Waals surface area (Å²) in [7, 11) is 0. The van der Waals surface area contributed by atoms with E-state index >= 15 is 0 Å². The zero-order valence-electron chi connectivity index (χ0n) is 11.2. The lowest BCUT2D eigenvalue weighted by Gasteiger charge is -2.20. The van der Waals surface area contributed by atoms with E-state index in [1.165, 1.54) is 0 Å². The summed E-state index contributed by atoms with van der Waals surface area (Å²) in [5.74, 6) is 3.37. The number of hydrogen-bond donors (Lipinski definition) is 0. The van der Waals surface area contributed by atoms with Crippen LogP contribution in [0.4, 0.5) is 0 Å². The van der Waals surface area contributed by atoms with Crippen LogP contribution in [0.1, 0.15) is 18.4 Å². The van der Waals surface area contributed by atoms with Gasteiger partial charge in [0.25, 0.3) is 5.91 Å². The lowest BCUT2D eigenvalue weighted by Crippen LogP contribution is -2.36. The van der Waals surface area contributed by atoms with Gasteiger partial charge in [-0.25, -0.2) is 0 Å². The van der Waals surface area contributed by atoms with Crippen LogP contribution in [0.5, 0.6) is 5.75 Å². The molecule has 4 nitrogen and oxygen atoms in total. The summed E-state index contributed by atoms with van der Waals surface area (Å²) in [6, 6.07) is 8.89. The van der Waals surface area contributed by atoms with Crippen molar-refractivity contribution in [3.8, 4) is 24.2 Å². The molecule has 20 heavy (non-hydrogen) atoms. The molecule has 1 amide bonds. The number of amides is 1. The van der Waals surface area contributed by atoms with Crippen LogP contribution in [-0.4, -0.2) is 30.5 Å². The van der Waals surface area contributed by atoms with Gasteiger partial charge in [-0.2, -0.15) is 5.26 Å². The minimum atomic E-state index is -0.136. The van der Waals surface area contributed by atoms with E-state index in [1.807, 2.05) is 6.07 Å². The molecule has 1 aliphatic rings. The maximum atomic E-state index is 12.1. The summed E-state index contributed by atoms with van der Waals surface area (Å²) in [4.78, 5) is 13.7. The van der Waals surface area contributed by atoms with Gasteiger partial charge in [0.05, 0.1) is 12.1 Å². The van der Waals surface area contributed by atoms with Crippen molar-refractivity contribution in [2.45, 2.75) is 12.8 Å². The third kappa shape index (κ3) is 3.76. The van der Waals surface area contributed by atoms with Gasteiger partial charge in [0.1, 0.15) is 11.8 Å². The van der Waals surface area contributed by atoms with E-state index < -0.39 is 0 Å². The van der Waals surface area contributed by atoms with E-state index in [4.69, 9.17) is 16.4 Å². The summed E-state index contributed by atoms with van der Waals surface area (Å²) in [5, 5.41) is 8.95. The number of carbonyl (C=O) groups excluding carboxylic acids is 1. The fraction of sp³-hybridized carbons (Fsp3) is 0.375. The molecule has 0 bridgehead atoms. The number of ether oxygens (including phenoxy) is 1. The molecular weight excluding hydrogens is 252 g/mol. The molecule has 0 saturated heterocycles. The Morgan fingerprint density at radius 1 is 1.45 bits per heavy atom. The second-order valence-electron chi connectivity index (χ2n) is 4.82. The first-order chi connectivity index (χ1) is 9.74. The van der Waals surface area contributed by atoms with Gasteiger partial charge in [0.15, 0.2) is 6.61 Å². The summed E-state index contributed by atoms with van der Waals surface area (Å²) in [6.07, 6.45) is 7.61. The molecule has 102 valence electrons. The van der Waals surface area contributed by atoms with Gasteiger partial charge in [-0.1, -0.05) is 18.1 Å². The van der Waals surface area contributed by atoms with Crippen molar-refractivity contribution >= 4 is 5.91 Å². The molecule has 1 aliphatic carbocycles. The van der Waals surface area contributed by atoms with Crippen LogP contribution in [0.25, 0.3) is 0 Å². The molecule has 0 heterocycles. The number of rotatable bonds is 6. The number of benzene rings is 1. The highest BCUT2D eigenvalue weighted by molar-refractivity contribution is 5.78. The number of para-hydroxylation sites is 1. The topological polar surface area (TPSA) is 53.3 Å². The third-order valence-electron chi connectivity index (χ3n) is 3.17. The summed E-state index contributed by atoms with van der Waals surface area (Å²) >= 11 is 0. The van der Waals surface area contributed by atoms with Crippen molar-refractivity contribution in [3.63, 3.8) is 0 Å². The Balaban J connectivity index is 1.92. The van der Waals surface area contributed by atoms with Crippen LogP contribution < -0.4 is 4.74 Å². The second-order valence-corrected chi connectivity index (χ2v) is 4.82. The lowest BCUT2D eigenvalue weighted by molar-refractivity contribution is -0.133. The van der Waals surface area contributed by atoms with Gasteiger partial charge in [0.2, 0.25) is 0 Å². The van der Waals surface area contributed by atoms with E-state index in [9.17, 15) is 4.79 Å². The molecule has 2 rings (SSSR count). The Labute approximate surface area is 119 Å². The first-order valence-electron chi connectivity index (χ1n) is 6.57. The minimum Gasteiger partial charge on any atom is -0.482 e. The molecule has 0 unspecified atom stereocenters. The number of terminal acetylenes is 1. The quantitative estimate of drug-likeness (QED) is 0.739. The monoisotopic (exact) mass is 268 g/mol. The van der Waals surface area contributed by atoms with Crippen LogP contribution in [0.15, 0.2) is 24.3 Å². The highest BCUT2D eigenvalue weighted by Crippen LogP contribution is 2.29. The van der Waals surface area contributed by atoms with Gasteiger partial charge in [-0.05, 0) is 30.9 Å². The van der Waals surface area contributed by atoms with E-state index in [0.29, 0.717) is 30.3 Å². The van der Waals surface area contributed by atoms with Crippen LogP contribution in [-0.2, 0) is 4.79 Å². The molecule has 1 saturated carbocycles. The van der Waals surface area contributed by atoms with Crippen molar-refractivity contribution in [2.24, 2.45) is 5.92 Å². The Kier molecular flexibility index (Phi) is 4.63. The number of carbonyl (C=O) groups is 1. The molecule has 0 N–H and O–H groups in total. The lowest BCUT2D eigenvalue weighted by atomic mass is 10.2. The van der Waals surface area contributed by atoms with E-state index in [1.54, 1.807) is 29.2 Å². The second kappa shape index (κ2) is 6.63. The highest BCUT2D eigenvalue weighted by atomic mass is 16.5. The Hall–Kier alpha value is -2.46. The van der Waals surface area contributed by atoms with Crippen LogP contribution in [0.3, 0.4) is 0 Å². The molecule has 0 atom stereocenters. The maximum absolute atomic E-state index is 12.1. The van der Waals surface area contributed by atoms with Crippen molar-refractivity contribution < 1.29 is 9.53 Å². The zero-order chi connectivity index (χ0) is 14.4. The SMILES string of the molecule is C#CCN(CC1CC1)C(=O)COc1ccccc1C#N. The number of nitriles is 1. The van der Waals surface area contributed by atoms with Crippen LogP contribution in [0, 0.1) is 29.6 Å². The predicted octanol–water partition coefficient (Wildman–Crippen LogP) is 1.81. The molecule has 0 aromatic heterocycles. The predicted molar refractivity (Wildman–Crippen MR) is 74.8 cm³/mol. The van der Waals surface area contributed by atoms with Gasteiger partial charge in [0, 0.05) is 6.54 Å². The van der Waals surface area contributed by atoms with Crippen LogP contribution >= 0.6 is 0 Å². The average Bonchev–Trinajstić information content (AvgIpc) is 3.28. The first-order valence-corrected chi connectivity index (χ1v) is 6.57. The molecule has 4 heteroatoms. The number of nitrogens with zero attached hydrogens (tertiary/aromatic N) is 2. The zero-order valence-corrected chi connectivity index (χ0v) is 11.2. The van der Waals surface area contributed by atoms with Gasteiger partial charge < -0.3 is 9.64 Å². The van der Waals surface area contributed by atoms with Crippen LogP contribution in [0.2, 0.25) is 0 Å². The molecule has 0 aliphatic heterocycles. The average molecular weight is 268 g/mol. The number of hydrogen-bond acceptors (Lipinski definition) is 3. The van der Waals surface area contributed by atoms with Crippen molar-refractivity contribution in [2.75, 3.05) is 19.7 Å². The molecule has 1 aromatic rings. The van der Waals surface area contributed by atoms with Crippen molar-refractivity contribution in [1.29, 1.82) is 5.26 Å². The molecular formula is C16H16N2O2. The summed E-state index contributed by atoms with van der Waals surface area (Å²) < 4.78 is 5.44. The Bertz CT molecular complexity index is 565. The third-order valence-corrected chi connectivity index (χ3v) is 3.17. The molecule has 1 aromatic carbocycles. The Morgan fingerprint density at radius 3 is 2.85 bits per heavy atom. The van der Waals surface area contributed by atoms with Crippen molar-refractivity contribution in [1.82, 2.24) is 4.90 Å². The first kappa shape index (κ1) is 14.0. The minimum absolute atomic E-state index is 0.0902. The van der Waals surface area contributed by atoms with Crippen molar-refractivity contribution in [3.05, 3.63) is 29.8 Å². The van der Waals surface area contributed by atoms with E-state index in [2.05, 4.69) is 5.92 Å². The fourth-order valence-electron chi connectivity index (χ4n) is 1.89. The fourth-order valence-corrected chi connectivity index (χ4v) is 1.89. The van der Waals surface area contributed by atoms with E-state index in [0.717, 1.165) is 12.8 Å². The summed E-state index contributed by atoms with van der Waals surface area (Å²) in [6.45, 7) is 0.915. The Morgan fingerprint density at radius 2 is 2.20 bits per heavy atom. The summed E-state index contributed by atoms with van der Waals surface area (Å²) in [5.41, 5.74) is 0.422. The van der Waals surface area contributed by atoms with Gasteiger partial charge >= 0.3 is 0 Å². The highest BCUT2D eigenvalue weighted by Gasteiger charge is 2.26. The van der Waals surface area contributed by atoms with E-state index in [-0.39, 0.29) is 12.5 Å².